The van der Waals surface area contributed by atoms with Crippen molar-refractivity contribution < 1.29 is 14.4 Å². The van der Waals surface area contributed by atoms with Crippen LogP contribution in [0.4, 0.5) is 11.4 Å². The van der Waals surface area contributed by atoms with Gasteiger partial charge in [0.2, 0.25) is 17.7 Å². The van der Waals surface area contributed by atoms with Crippen LogP contribution in [0.2, 0.25) is 5.02 Å². The second kappa shape index (κ2) is 6.15. The van der Waals surface area contributed by atoms with Crippen molar-refractivity contribution in [1.82, 2.24) is 4.90 Å². The van der Waals surface area contributed by atoms with Crippen LogP contribution >= 0.6 is 27.5 Å². The molecular weight excluding hydrogens is 470 g/mol. The minimum absolute atomic E-state index is 0.133. The number of imide groups is 1. The van der Waals surface area contributed by atoms with Crippen molar-refractivity contribution in [2.75, 3.05) is 16.8 Å². The van der Waals surface area contributed by atoms with Crippen LogP contribution in [0.3, 0.4) is 0 Å². The summed E-state index contributed by atoms with van der Waals surface area (Å²) >= 11 is 9.64. The number of nitrogens with zero attached hydrogens (tertiary/aromatic N) is 2. The van der Waals surface area contributed by atoms with Gasteiger partial charge in [0.15, 0.2) is 0 Å². The Bertz CT molecular complexity index is 1150. The van der Waals surface area contributed by atoms with Crippen LogP contribution in [0.5, 0.6) is 0 Å². The highest BCUT2D eigenvalue weighted by Crippen LogP contribution is 2.60. The van der Waals surface area contributed by atoms with E-state index in [2.05, 4.69) is 26.1 Å². The topological polar surface area (TPSA) is 69.7 Å². The highest BCUT2D eigenvalue weighted by molar-refractivity contribution is 9.10. The first-order valence-corrected chi connectivity index (χ1v) is 11.1. The summed E-state index contributed by atoms with van der Waals surface area (Å²) in [5.74, 6) is -2.09. The minimum atomic E-state index is -1.16. The Hall–Kier alpha value is -2.22. The summed E-state index contributed by atoms with van der Waals surface area (Å²) in [5, 5.41) is 3.43. The van der Waals surface area contributed by atoms with Gasteiger partial charge in [0.05, 0.1) is 17.5 Å². The summed E-state index contributed by atoms with van der Waals surface area (Å²) in [6.07, 6.45) is 1.69. The summed E-state index contributed by atoms with van der Waals surface area (Å²) in [7, 11) is 0. The number of halogens is 2. The van der Waals surface area contributed by atoms with Crippen molar-refractivity contribution in [3.63, 3.8) is 0 Å². The number of anilines is 2. The molecule has 0 radical (unpaired) electrons. The number of rotatable bonds is 1. The van der Waals surface area contributed by atoms with Crippen LogP contribution in [0.15, 0.2) is 46.9 Å². The smallest absolute Gasteiger partial charge is 0.250 e. The molecule has 4 heterocycles. The molecule has 3 amide bonds. The van der Waals surface area contributed by atoms with Gasteiger partial charge in [0.1, 0.15) is 5.54 Å². The van der Waals surface area contributed by atoms with Gasteiger partial charge in [0, 0.05) is 26.8 Å². The van der Waals surface area contributed by atoms with E-state index in [1.165, 1.54) is 4.90 Å². The first-order chi connectivity index (χ1) is 14.4. The fourth-order valence-corrected chi connectivity index (χ4v) is 6.59. The average Bonchev–Trinajstić information content (AvgIpc) is 3.40. The van der Waals surface area contributed by atoms with Crippen LogP contribution in [0.25, 0.3) is 0 Å². The zero-order chi connectivity index (χ0) is 20.8. The van der Waals surface area contributed by atoms with Crippen molar-refractivity contribution >= 4 is 56.6 Å². The second-order valence-corrected chi connectivity index (χ2v) is 9.66. The first-order valence-electron chi connectivity index (χ1n) is 9.96. The van der Waals surface area contributed by atoms with Gasteiger partial charge < -0.3 is 5.32 Å². The number of carbonyl (C=O) groups excluding carboxylic acids is 3. The monoisotopic (exact) mass is 485 g/mol. The fourth-order valence-electron chi connectivity index (χ4n) is 6.04. The molecule has 30 heavy (non-hydrogen) atoms. The molecule has 152 valence electrons. The summed E-state index contributed by atoms with van der Waals surface area (Å²) < 4.78 is 0.833. The zero-order valence-corrected chi connectivity index (χ0v) is 18.1. The van der Waals surface area contributed by atoms with E-state index in [9.17, 15) is 14.4 Å². The van der Waals surface area contributed by atoms with Crippen molar-refractivity contribution in [2.24, 2.45) is 11.8 Å². The highest BCUT2D eigenvalue weighted by atomic mass is 79.9. The molecule has 3 saturated heterocycles. The number of fused-ring (bicyclic) bond motifs is 7. The quantitative estimate of drug-likeness (QED) is 0.626. The maximum absolute atomic E-state index is 13.8. The van der Waals surface area contributed by atoms with Gasteiger partial charge in [-0.15, -0.1) is 0 Å². The van der Waals surface area contributed by atoms with Crippen molar-refractivity contribution in [3.8, 4) is 0 Å². The molecule has 4 atom stereocenters. The lowest BCUT2D eigenvalue weighted by Gasteiger charge is -2.36. The van der Waals surface area contributed by atoms with E-state index in [1.54, 1.807) is 24.3 Å². The molecule has 4 unspecified atom stereocenters. The molecule has 4 aliphatic heterocycles. The van der Waals surface area contributed by atoms with Gasteiger partial charge in [-0.25, -0.2) is 4.90 Å². The van der Waals surface area contributed by atoms with E-state index in [0.29, 0.717) is 22.9 Å². The number of amides is 3. The lowest BCUT2D eigenvalue weighted by atomic mass is 9.75. The number of hydrogen-bond donors (Lipinski definition) is 1. The predicted octanol–water partition coefficient (Wildman–Crippen LogP) is 3.53. The summed E-state index contributed by atoms with van der Waals surface area (Å²) in [6.45, 7) is 0.689. The Morgan fingerprint density at radius 1 is 1.10 bits per heavy atom. The largest absolute Gasteiger partial charge is 0.324 e. The van der Waals surface area contributed by atoms with Crippen LogP contribution in [-0.2, 0) is 19.9 Å². The second-order valence-electron chi connectivity index (χ2n) is 8.31. The van der Waals surface area contributed by atoms with E-state index in [4.69, 9.17) is 11.6 Å². The minimum Gasteiger partial charge on any atom is -0.324 e. The Labute approximate surface area is 186 Å². The summed E-state index contributed by atoms with van der Waals surface area (Å²) in [4.78, 5) is 44.2. The third-order valence-corrected chi connectivity index (χ3v) is 7.75. The van der Waals surface area contributed by atoms with Crippen LogP contribution < -0.4 is 10.2 Å². The third-order valence-electron chi connectivity index (χ3n) is 7.02. The van der Waals surface area contributed by atoms with Crippen molar-refractivity contribution in [1.29, 1.82) is 0 Å². The van der Waals surface area contributed by atoms with Crippen LogP contribution in [0, 0.1) is 11.8 Å². The maximum Gasteiger partial charge on any atom is 0.250 e. The summed E-state index contributed by atoms with van der Waals surface area (Å²) in [5.41, 5.74) is 0.774. The van der Waals surface area contributed by atoms with E-state index in [1.807, 2.05) is 18.2 Å². The SMILES string of the molecule is O=C1C2C3CCCN3C3(C(=O)Nc4ccc(Br)cc43)C2C(=O)N1c1cccc(Cl)c1. The Balaban J connectivity index is 1.57. The van der Waals surface area contributed by atoms with Crippen LogP contribution in [0.1, 0.15) is 18.4 Å². The fraction of sp³-hybridized carbons (Fsp3) is 0.318. The zero-order valence-electron chi connectivity index (χ0n) is 15.8. The number of hydrogen-bond acceptors (Lipinski definition) is 4. The van der Waals surface area contributed by atoms with Gasteiger partial charge in [-0.1, -0.05) is 33.6 Å². The molecule has 8 heteroatoms. The normalized spacial score (nSPS) is 32.0. The molecule has 0 aliphatic carbocycles. The summed E-state index contributed by atoms with van der Waals surface area (Å²) in [6, 6.07) is 12.2. The molecular formula is C22H17BrClN3O3. The number of carbonyl (C=O) groups is 3. The lowest BCUT2D eigenvalue weighted by Crippen LogP contribution is -2.54. The van der Waals surface area contributed by atoms with Crippen molar-refractivity contribution in [2.45, 2.75) is 24.4 Å². The van der Waals surface area contributed by atoms with Gasteiger partial charge in [-0.2, -0.15) is 0 Å². The molecule has 2 aromatic carbocycles. The van der Waals surface area contributed by atoms with Gasteiger partial charge in [-0.05, 0) is 55.8 Å². The average molecular weight is 487 g/mol. The van der Waals surface area contributed by atoms with Crippen molar-refractivity contribution in [3.05, 3.63) is 57.5 Å². The first kappa shape index (κ1) is 18.5. The Kier molecular flexibility index (Phi) is 3.80. The molecule has 0 aromatic heterocycles. The van der Waals surface area contributed by atoms with Crippen LogP contribution in [-0.4, -0.2) is 35.2 Å². The van der Waals surface area contributed by atoms with Gasteiger partial charge in [-0.3, -0.25) is 19.3 Å². The Morgan fingerprint density at radius 3 is 2.73 bits per heavy atom. The number of nitrogens with one attached hydrogen (secondary N) is 1. The molecule has 0 saturated carbocycles. The predicted molar refractivity (Wildman–Crippen MR) is 115 cm³/mol. The maximum atomic E-state index is 13.8. The standard InChI is InChI=1S/C22H17BrClN3O3/c23-11-6-7-15-14(9-11)22(21(30)25-15)18-17(16-5-2-8-26(16)22)19(28)27(20(18)29)13-4-1-3-12(24)10-13/h1,3-4,6-7,9-10,16-18H,2,5,8H2,(H,25,30). The number of benzene rings is 2. The molecule has 4 aliphatic rings. The molecule has 6 nitrogen and oxygen atoms in total. The lowest BCUT2D eigenvalue weighted by molar-refractivity contribution is -0.135. The molecule has 3 fully saturated rings. The Morgan fingerprint density at radius 2 is 1.93 bits per heavy atom. The van der Waals surface area contributed by atoms with E-state index in [0.717, 1.165) is 22.9 Å². The molecule has 1 N–H and O–H groups in total. The van der Waals surface area contributed by atoms with E-state index < -0.39 is 17.4 Å². The highest BCUT2D eigenvalue weighted by Gasteiger charge is 2.74. The van der Waals surface area contributed by atoms with E-state index in [-0.39, 0.29) is 23.8 Å². The molecule has 0 bridgehead atoms. The molecule has 1 spiro atoms. The molecule has 2 aromatic rings. The van der Waals surface area contributed by atoms with Gasteiger partial charge in [0.25, 0.3) is 0 Å². The van der Waals surface area contributed by atoms with Gasteiger partial charge >= 0.3 is 0 Å². The van der Waals surface area contributed by atoms with E-state index >= 15 is 0 Å². The molecule has 6 rings (SSSR count). The third kappa shape index (κ3) is 2.10.